The maximum Gasteiger partial charge on any atom is 0.220 e. The lowest BCUT2D eigenvalue weighted by atomic mass is 10.0. The lowest BCUT2D eigenvalue weighted by molar-refractivity contribution is -0.121. The highest BCUT2D eigenvalue weighted by molar-refractivity contribution is 5.76. The Morgan fingerprint density at radius 3 is 2.55 bits per heavy atom. The molecule has 1 aliphatic heterocycles. The maximum atomic E-state index is 12.0. The summed E-state index contributed by atoms with van der Waals surface area (Å²) in [7, 11) is 0. The van der Waals surface area contributed by atoms with Crippen LogP contribution < -0.4 is 5.32 Å². The molecule has 0 atom stereocenters. The van der Waals surface area contributed by atoms with Gasteiger partial charge in [0, 0.05) is 12.5 Å². The van der Waals surface area contributed by atoms with Gasteiger partial charge in [0.2, 0.25) is 5.91 Å². The fraction of sp³-hybridized carbons (Fsp3) is 0.722. The summed E-state index contributed by atoms with van der Waals surface area (Å²) >= 11 is 0. The molecule has 1 amide bonds. The molecule has 1 aliphatic rings. The van der Waals surface area contributed by atoms with E-state index in [1.54, 1.807) is 0 Å². The monoisotopic (exact) mass is 309 g/mol. The molecule has 126 valence electrons. The van der Waals surface area contributed by atoms with Crippen molar-refractivity contribution in [1.82, 2.24) is 5.32 Å². The zero-order valence-electron chi connectivity index (χ0n) is 14.3. The molecule has 4 heteroatoms. The fourth-order valence-corrected chi connectivity index (χ4v) is 2.44. The molecule has 0 aromatic rings. The van der Waals surface area contributed by atoms with E-state index in [4.69, 9.17) is 9.47 Å². The molecule has 0 aromatic carbocycles. The van der Waals surface area contributed by atoms with Crippen LogP contribution in [0.1, 0.15) is 65.7 Å². The summed E-state index contributed by atoms with van der Waals surface area (Å²) < 4.78 is 10.9. The first-order valence-corrected chi connectivity index (χ1v) is 8.51. The van der Waals surface area contributed by atoms with Crippen LogP contribution >= 0.6 is 0 Å². The lowest BCUT2D eigenvalue weighted by Gasteiger charge is -2.15. The van der Waals surface area contributed by atoms with E-state index in [1.807, 2.05) is 12.5 Å². The summed E-state index contributed by atoms with van der Waals surface area (Å²) in [5.74, 6) is 0.142. The number of nitrogens with one attached hydrogen (secondary N) is 1. The number of carbonyl (C=O) groups is 1. The third-order valence-electron chi connectivity index (χ3n) is 3.95. The predicted octanol–water partition coefficient (Wildman–Crippen LogP) is 4.08. The van der Waals surface area contributed by atoms with Crippen molar-refractivity contribution in [2.45, 2.75) is 71.8 Å². The SMILES string of the molecule is CCC(CC)NC(=O)CC/C1=C/OCCO/C=C(/C)CCC1. The number of amides is 1. The average Bonchev–Trinajstić information content (AvgIpc) is 2.56. The maximum absolute atomic E-state index is 12.0. The highest BCUT2D eigenvalue weighted by atomic mass is 16.5. The van der Waals surface area contributed by atoms with Crippen molar-refractivity contribution in [2.75, 3.05) is 13.2 Å². The van der Waals surface area contributed by atoms with Gasteiger partial charge in [-0.3, -0.25) is 4.79 Å². The van der Waals surface area contributed by atoms with E-state index in [1.165, 1.54) is 11.1 Å². The normalized spacial score (nSPS) is 21.5. The molecular formula is C18H31NO3. The fourth-order valence-electron chi connectivity index (χ4n) is 2.44. The molecule has 0 aromatic heterocycles. The Balaban J connectivity index is 2.42. The van der Waals surface area contributed by atoms with Gasteiger partial charge in [-0.05, 0) is 56.6 Å². The van der Waals surface area contributed by atoms with Crippen molar-refractivity contribution in [3.63, 3.8) is 0 Å². The van der Waals surface area contributed by atoms with Gasteiger partial charge in [-0.2, -0.15) is 0 Å². The van der Waals surface area contributed by atoms with Gasteiger partial charge in [0.25, 0.3) is 0 Å². The summed E-state index contributed by atoms with van der Waals surface area (Å²) in [6.07, 6.45) is 10.0. The van der Waals surface area contributed by atoms with E-state index >= 15 is 0 Å². The lowest BCUT2D eigenvalue weighted by Crippen LogP contribution is -2.33. The second kappa shape index (κ2) is 11.2. The summed E-state index contributed by atoms with van der Waals surface area (Å²) in [5.41, 5.74) is 2.47. The van der Waals surface area contributed by atoms with E-state index < -0.39 is 0 Å². The van der Waals surface area contributed by atoms with E-state index in [0.29, 0.717) is 25.7 Å². The molecule has 0 bridgehead atoms. The van der Waals surface area contributed by atoms with Gasteiger partial charge in [0.05, 0.1) is 12.5 Å². The van der Waals surface area contributed by atoms with E-state index in [9.17, 15) is 4.79 Å². The van der Waals surface area contributed by atoms with Crippen LogP contribution in [0.15, 0.2) is 23.7 Å². The zero-order chi connectivity index (χ0) is 16.2. The molecule has 22 heavy (non-hydrogen) atoms. The minimum Gasteiger partial charge on any atom is -0.498 e. The standard InChI is InChI=1S/C18H31NO3/c1-4-17(5-2)19-18(20)10-9-16-8-6-7-15(3)13-21-11-12-22-14-16/h13-14,17H,4-12H2,1-3H3,(H,19,20)/b15-13-,16-14+. The van der Waals surface area contributed by atoms with Crippen LogP contribution in [-0.4, -0.2) is 25.2 Å². The van der Waals surface area contributed by atoms with E-state index in [0.717, 1.165) is 38.5 Å². The molecule has 0 spiro atoms. The smallest absolute Gasteiger partial charge is 0.220 e. The quantitative estimate of drug-likeness (QED) is 0.804. The largest absolute Gasteiger partial charge is 0.498 e. The van der Waals surface area contributed by atoms with Crippen LogP contribution in [0.25, 0.3) is 0 Å². The van der Waals surface area contributed by atoms with Crippen LogP contribution in [0.3, 0.4) is 0 Å². The highest BCUT2D eigenvalue weighted by Crippen LogP contribution is 2.17. The van der Waals surface area contributed by atoms with Crippen molar-refractivity contribution in [3.05, 3.63) is 23.7 Å². The van der Waals surface area contributed by atoms with Crippen LogP contribution in [-0.2, 0) is 14.3 Å². The second-order valence-electron chi connectivity index (χ2n) is 5.92. The van der Waals surface area contributed by atoms with Crippen molar-refractivity contribution in [3.8, 4) is 0 Å². The van der Waals surface area contributed by atoms with Gasteiger partial charge in [-0.25, -0.2) is 0 Å². The van der Waals surface area contributed by atoms with Crippen LogP contribution in [0.5, 0.6) is 0 Å². The molecule has 0 unspecified atom stereocenters. The van der Waals surface area contributed by atoms with Crippen molar-refractivity contribution < 1.29 is 14.3 Å². The third-order valence-corrected chi connectivity index (χ3v) is 3.95. The Hall–Kier alpha value is -1.45. The molecule has 0 saturated carbocycles. The summed E-state index contributed by atoms with van der Waals surface area (Å²) in [5, 5.41) is 3.09. The summed E-state index contributed by atoms with van der Waals surface area (Å²) in [6.45, 7) is 7.41. The van der Waals surface area contributed by atoms with Gasteiger partial charge in [-0.15, -0.1) is 0 Å². The highest BCUT2D eigenvalue weighted by Gasteiger charge is 2.10. The van der Waals surface area contributed by atoms with Crippen molar-refractivity contribution in [2.24, 2.45) is 0 Å². The Morgan fingerprint density at radius 1 is 1.18 bits per heavy atom. The molecular weight excluding hydrogens is 278 g/mol. The third kappa shape index (κ3) is 8.11. The summed E-state index contributed by atoms with van der Waals surface area (Å²) in [6, 6.07) is 0.301. The Morgan fingerprint density at radius 2 is 1.86 bits per heavy atom. The molecule has 1 N–H and O–H groups in total. The zero-order valence-corrected chi connectivity index (χ0v) is 14.3. The first-order valence-electron chi connectivity index (χ1n) is 8.51. The van der Waals surface area contributed by atoms with Crippen molar-refractivity contribution in [1.29, 1.82) is 0 Å². The predicted molar refractivity (Wildman–Crippen MR) is 89.3 cm³/mol. The molecule has 0 saturated heterocycles. The topological polar surface area (TPSA) is 47.6 Å². The van der Waals surface area contributed by atoms with Crippen LogP contribution in [0, 0.1) is 0 Å². The number of allylic oxidation sites excluding steroid dienone is 2. The van der Waals surface area contributed by atoms with Gasteiger partial charge < -0.3 is 14.8 Å². The Labute approximate surface area is 134 Å². The Kier molecular flexibility index (Phi) is 9.44. The second-order valence-corrected chi connectivity index (χ2v) is 5.92. The first-order chi connectivity index (χ1) is 10.7. The number of ether oxygens (including phenoxy) is 2. The molecule has 1 heterocycles. The van der Waals surface area contributed by atoms with Gasteiger partial charge in [0.1, 0.15) is 13.2 Å². The summed E-state index contributed by atoms with van der Waals surface area (Å²) in [4.78, 5) is 12.0. The van der Waals surface area contributed by atoms with Gasteiger partial charge >= 0.3 is 0 Å². The number of hydrogen-bond donors (Lipinski definition) is 1. The van der Waals surface area contributed by atoms with Crippen LogP contribution in [0.2, 0.25) is 0 Å². The Bertz CT molecular complexity index is 384. The van der Waals surface area contributed by atoms with Gasteiger partial charge in [-0.1, -0.05) is 13.8 Å². The number of rotatable bonds is 6. The van der Waals surface area contributed by atoms with Crippen LogP contribution in [0.4, 0.5) is 0 Å². The molecule has 4 nitrogen and oxygen atoms in total. The first kappa shape index (κ1) is 18.6. The molecule has 0 aliphatic carbocycles. The minimum atomic E-state index is 0.142. The number of hydrogen-bond acceptors (Lipinski definition) is 3. The minimum absolute atomic E-state index is 0.142. The molecule has 0 fully saturated rings. The molecule has 0 radical (unpaired) electrons. The average molecular weight is 309 g/mol. The molecule has 1 rings (SSSR count). The van der Waals surface area contributed by atoms with E-state index in [-0.39, 0.29) is 5.91 Å². The number of carbonyl (C=O) groups excluding carboxylic acids is 1. The van der Waals surface area contributed by atoms with E-state index in [2.05, 4.69) is 26.1 Å². The van der Waals surface area contributed by atoms with Crippen molar-refractivity contribution >= 4 is 5.91 Å². The van der Waals surface area contributed by atoms with Gasteiger partial charge in [0.15, 0.2) is 0 Å².